The van der Waals surface area contributed by atoms with Crippen molar-refractivity contribution in [1.29, 1.82) is 0 Å². The quantitative estimate of drug-likeness (QED) is 0.797. The Balaban J connectivity index is 1.38. The van der Waals surface area contributed by atoms with Gasteiger partial charge in [-0.05, 0) is 50.7 Å². The fourth-order valence-electron chi connectivity index (χ4n) is 3.78. The molecule has 2 heterocycles. The lowest BCUT2D eigenvalue weighted by molar-refractivity contribution is -0.190. The maximum atomic E-state index is 12.2. The van der Waals surface area contributed by atoms with Gasteiger partial charge in [0.2, 0.25) is 0 Å². The van der Waals surface area contributed by atoms with Gasteiger partial charge in [-0.3, -0.25) is 9.59 Å². The Hall–Kier alpha value is -2.21. The molecule has 2 amide bonds. The van der Waals surface area contributed by atoms with Gasteiger partial charge in [0.1, 0.15) is 0 Å². The zero-order valence-corrected chi connectivity index (χ0v) is 13.3. The van der Waals surface area contributed by atoms with E-state index >= 15 is 0 Å². The van der Waals surface area contributed by atoms with Crippen molar-refractivity contribution in [3.8, 4) is 0 Å². The van der Waals surface area contributed by atoms with E-state index < -0.39 is 17.8 Å². The number of carbonyl (C=O) groups excluding carboxylic acids is 3. The van der Waals surface area contributed by atoms with E-state index in [0.717, 1.165) is 32.1 Å². The predicted octanol–water partition coefficient (Wildman–Crippen LogP) is 2.62. The molecule has 1 saturated carbocycles. The lowest BCUT2D eigenvalue weighted by Gasteiger charge is -2.47. The van der Waals surface area contributed by atoms with Crippen molar-refractivity contribution in [2.45, 2.75) is 56.7 Å². The molecule has 1 spiro atoms. The third-order valence-electron chi connectivity index (χ3n) is 5.18. The zero-order valence-electron chi connectivity index (χ0n) is 13.3. The Morgan fingerprint density at radius 3 is 2.33 bits per heavy atom. The largest absolute Gasteiger partial charge is 0.371 e. The van der Waals surface area contributed by atoms with E-state index in [1.807, 2.05) is 0 Å². The minimum absolute atomic E-state index is 0.0429. The summed E-state index contributed by atoms with van der Waals surface area (Å²) in [5, 5.41) is 0.564. The number of amides is 2. The second kappa shape index (κ2) is 5.70. The molecule has 6 heteroatoms. The molecule has 2 fully saturated rings. The fourth-order valence-corrected chi connectivity index (χ4v) is 3.78. The van der Waals surface area contributed by atoms with Crippen molar-refractivity contribution in [3.63, 3.8) is 0 Å². The molecule has 0 bridgehead atoms. The molecule has 2 aliphatic heterocycles. The van der Waals surface area contributed by atoms with E-state index in [1.165, 1.54) is 6.42 Å². The minimum Gasteiger partial charge on any atom is -0.371 e. The summed E-state index contributed by atoms with van der Waals surface area (Å²) < 4.78 is 6.07. The molecule has 1 saturated heterocycles. The maximum absolute atomic E-state index is 12.2. The number of hydroxylamine groups is 2. The molecule has 0 N–H and O–H groups in total. The highest BCUT2D eigenvalue weighted by atomic mass is 16.7. The second-order valence-corrected chi connectivity index (χ2v) is 6.79. The Morgan fingerprint density at radius 2 is 1.75 bits per heavy atom. The minimum atomic E-state index is -0.606. The van der Waals surface area contributed by atoms with Crippen LogP contribution in [0.4, 0.5) is 0 Å². The van der Waals surface area contributed by atoms with Gasteiger partial charge < -0.3 is 9.57 Å². The van der Waals surface area contributed by atoms with Crippen LogP contribution in [0, 0.1) is 0 Å². The molecular weight excluding hydrogens is 310 g/mol. The first-order valence-electron chi connectivity index (χ1n) is 8.44. The maximum Gasteiger partial charge on any atom is 0.335 e. The number of carbonyl (C=O) groups is 3. The molecule has 126 valence electrons. The normalized spacial score (nSPS) is 24.7. The third kappa shape index (κ3) is 2.51. The first kappa shape index (κ1) is 15.3. The summed E-state index contributed by atoms with van der Waals surface area (Å²) in [5.41, 5.74) is 0.480. The Labute approximate surface area is 139 Å². The van der Waals surface area contributed by atoms with Crippen molar-refractivity contribution in [2.24, 2.45) is 0 Å². The van der Waals surface area contributed by atoms with Gasteiger partial charge in [0, 0.05) is 0 Å². The molecule has 1 atom stereocenters. The smallest absolute Gasteiger partial charge is 0.335 e. The van der Waals surface area contributed by atoms with Crippen LogP contribution in [0.3, 0.4) is 0 Å². The molecule has 1 unspecified atom stereocenters. The summed E-state index contributed by atoms with van der Waals surface area (Å²) in [6.07, 6.45) is 6.04. The van der Waals surface area contributed by atoms with E-state index in [0.29, 0.717) is 5.06 Å². The highest BCUT2D eigenvalue weighted by molar-refractivity contribution is 6.20. The summed E-state index contributed by atoms with van der Waals surface area (Å²) in [5.74, 6) is -1.79. The Morgan fingerprint density at radius 1 is 1.12 bits per heavy atom. The van der Waals surface area contributed by atoms with Gasteiger partial charge in [-0.15, -0.1) is 0 Å². The molecular formula is C18H19NO5. The second-order valence-electron chi connectivity index (χ2n) is 6.79. The van der Waals surface area contributed by atoms with Crippen molar-refractivity contribution < 1.29 is 24.0 Å². The monoisotopic (exact) mass is 329 g/mol. The molecule has 0 aromatic heterocycles. The van der Waals surface area contributed by atoms with Gasteiger partial charge in [-0.1, -0.05) is 17.2 Å². The number of fused-ring (bicyclic) bond motifs is 1. The summed E-state index contributed by atoms with van der Waals surface area (Å²) in [7, 11) is 0. The Kier molecular flexibility index (Phi) is 3.64. The molecule has 1 aromatic carbocycles. The van der Waals surface area contributed by atoms with Crippen LogP contribution in [-0.4, -0.2) is 34.6 Å². The highest BCUT2D eigenvalue weighted by Gasteiger charge is 2.43. The van der Waals surface area contributed by atoms with Crippen molar-refractivity contribution in [1.82, 2.24) is 5.06 Å². The molecule has 1 aromatic rings. The van der Waals surface area contributed by atoms with Gasteiger partial charge in [-0.2, -0.15) is 0 Å². The van der Waals surface area contributed by atoms with Crippen molar-refractivity contribution in [2.75, 3.05) is 0 Å². The van der Waals surface area contributed by atoms with Crippen molar-refractivity contribution >= 4 is 17.8 Å². The molecule has 0 radical (unpaired) electrons. The number of hydrogen-bond acceptors (Lipinski definition) is 5. The summed E-state index contributed by atoms with van der Waals surface area (Å²) in [6, 6.07) is 6.44. The van der Waals surface area contributed by atoms with Gasteiger partial charge in [0.05, 0.1) is 29.3 Å². The molecule has 6 nitrogen and oxygen atoms in total. The summed E-state index contributed by atoms with van der Waals surface area (Å²) in [6.45, 7) is 0. The SMILES string of the molecule is O=C(CC1CCCC2(CCC2)O1)ON1C(=O)c2ccccc2C1=O. The lowest BCUT2D eigenvalue weighted by atomic mass is 9.74. The van der Waals surface area contributed by atoms with E-state index in [2.05, 4.69) is 0 Å². The average Bonchev–Trinajstić information content (AvgIpc) is 2.79. The number of ether oxygens (including phenoxy) is 1. The lowest BCUT2D eigenvalue weighted by Crippen LogP contribution is -2.47. The molecule has 3 aliphatic rings. The van der Waals surface area contributed by atoms with Gasteiger partial charge in [-0.25, -0.2) is 4.79 Å². The average molecular weight is 329 g/mol. The molecule has 1 aliphatic carbocycles. The number of imide groups is 1. The number of benzene rings is 1. The standard InChI is InChI=1S/C18H19NO5/c20-15(11-12-5-3-8-18(23-12)9-4-10-18)24-19-16(21)13-6-1-2-7-14(13)17(19)22/h1-2,6-7,12H,3-5,8-11H2. The highest BCUT2D eigenvalue weighted by Crippen LogP contribution is 2.44. The first-order chi connectivity index (χ1) is 11.6. The first-order valence-corrected chi connectivity index (χ1v) is 8.44. The van der Waals surface area contributed by atoms with Gasteiger partial charge in [0.15, 0.2) is 0 Å². The number of rotatable bonds is 3. The summed E-state index contributed by atoms with van der Waals surface area (Å²) >= 11 is 0. The Bertz CT molecular complexity index is 674. The van der Waals surface area contributed by atoms with Crippen LogP contribution >= 0.6 is 0 Å². The van der Waals surface area contributed by atoms with Gasteiger partial charge >= 0.3 is 5.97 Å². The van der Waals surface area contributed by atoms with Crippen LogP contribution in [0.5, 0.6) is 0 Å². The van der Waals surface area contributed by atoms with Crippen LogP contribution in [0.15, 0.2) is 24.3 Å². The van der Waals surface area contributed by atoms with Crippen molar-refractivity contribution in [3.05, 3.63) is 35.4 Å². The van der Waals surface area contributed by atoms with E-state index in [-0.39, 0.29) is 29.3 Å². The van der Waals surface area contributed by atoms with E-state index in [9.17, 15) is 14.4 Å². The van der Waals surface area contributed by atoms with E-state index in [4.69, 9.17) is 9.57 Å². The van der Waals surface area contributed by atoms with Crippen LogP contribution in [0.1, 0.15) is 65.7 Å². The van der Waals surface area contributed by atoms with Crippen LogP contribution < -0.4 is 0 Å². The number of nitrogens with zero attached hydrogens (tertiary/aromatic N) is 1. The molecule has 24 heavy (non-hydrogen) atoms. The topological polar surface area (TPSA) is 72.9 Å². The summed E-state index contributed by atoms with van der Waals surface area (Å²) in [4.78, 5) is 41.6. The predicted molar refractivity (Wildman–Crippen MR) is 83.0 cm³/mol. The zero-order chi connectivity index (χ0) is 16.7. The van der Waals surface area contributed by atoms with E-state index in [1.54, 1.807) is 24.3 Å². The van der Waals surface area contributed by atoms with Crippen LogP contribution in [0.25, 0.3) is 0 Å². The third-order valence-corrected chi connectivity index (χ3v) is 5.18. The number of hydrogen-bond donors (Lipinski definition) is 0. The fraction of sp³-hybridized carbons (Fsp3) is 0.500. The van der Waals surface area contributed by atoms with Crippen LogP contribution in [-0.2, 0) is 14.4 Å². The van der Waals surface area contributed by atoms with Crippen LogP contribution in [0.2, 0.25) is 0 Å². The van der Waals surface area contributed by atoms with Gasteiger partial charge in [0.25, 0.3) is 11.8 Å². The molecule has 4 rings (SSSR count).